The average molecular weight is 413 g/mol. The van der Waals surface area contributed by atoms with Crippen LogP contribution in [0.1, 0.15) is 15.9 Å². The number of carbonyl (C=O) groups excluding carboxylic acids is 1. The van der Waals surface area contributed by atoms with E-state index in [1.807, 2.05) is 36.5 Å². The van der Waals surface area contributed by atoms with Crippen molar-refractivity contribution in [2.24, 2.45) is 0 Å². The van der Waals surface area contributed by atoms with Gasteiger partial charge in [-0.15, -0.1) is 0 Å². The summed E-state index contributed by atoms with van der Waals surface area (Å²) in [6.45, 7) is 0.612. The number of aromatic nitrogens is 2. The molecule has 152 valence electrons. The Balaban J connectivity index is 1.52. The molecule has 0 atom stereocenters. The summed E-state index contributed by atoms with van der Waals surface area (Å²) in [5, 5.41) is 7.04. The third-order valence-corrected chi connectivity index (χ3v) is 6.13. The van der Waals surface area contributed by atoms with E-state index in [1.165, 1.54) is 31.4 Å². The standard InChI is InChI=1S/C21H23N3O4S/c1-28-15-16-29(26,27)20-9-5-18(6-10-20)21(25)22-13-11-17-3-7-19(8-4-17)24-14-2-12-23-24/h2-10,12,14H,11,13,15-16H2,1H3,(H,22,25). The number of rotatable bonds is 9. The highest BCUT2D eigenvalue weighted by Crippen LogP contribution is 2.13. The molecule has 0 aliphatic carbocycles. The van der Waals surface area contributed by atoms with E-state index >= 15 is 0 Å². The van der Waals surface area contributed by atoms with Crippen LogP contribution >= 0.6 is 0 Å². The monoisotopic (exact) mass is 413 g/mol. The number of hydrogen-bond acceptors (Lipinski definition) is 5. The van der Waals surface area contributed by atoms with Crippen LogP contribution in [0, 0.1) is 0 Å². The fourth-order valence-corrected chi connectivity index (χ4v) is 3.96. The molecule has 0 aliphatic heterocycles. The molecule has 1 amide bonds. The SMILES string of the molecule is COCCS(=O)(=O)c1ccc(C(=O)NCCc2ccc(-n3cccn3)cc2)cc1. The summed E-state index contributed by atoms with van der Waals surface area (Å²) in [7, 11) is -1.95. The van der Waals surface area contributed by atoms with Crippen LogP contribution in [0.25, 0.3) is 5.69 Å². The van der Waals surface area contributed by atoms with Crippen LogP contribution in [0.3, 0.4) is 0 Å². The maximum atomic E-state index is 12.3. The highest BCUT2D eigenvalue weighted by molar-refractivity contribution is 7.91. The zero-order chi connectivity index (χ0) is 20.7. The van der Waals surface area contributed by atoms with Gasteiger partial charge in [0.1, 0.15) is 0 Å². The number of nitrogens with one attached hydrogen (secondary N) is 1. The van der Waals surface area contributed by atoms with Crippen LogP contribution in [-0.4, -0.2) is 50.1 Å². The molecule has 29 heavy (non-hydrogen) atoms. The van der Waals surface area contributed by atoms with Gasteiger partial charge in [-0.05, 0) is 54.4 Å². The van der Waals surface area contributed by atoms with Gasteiger partial charge in [0, 0.05) is 31.6 Å². The lowest BCUT2D eigenvalue weighted by Crippen LogP contribution is -2.25. The first-order valence-corrected chi connectivity index (χ1v) is 10.8. The summed E-state index contributed by atoms with van der Waals surface area (Å²) in [6, 6.07) is 15.8. The molecular weight excluding hydrogens is 390 g/mol. The molecule has 8 heteroatoms. The molecular formula is C21H23N3O4S. The van der Waals surface area contributed by atoms with Gasteiger partial charge in [-0.25, -0.2) is 13.1 Å². The van der Waals surface area contributed by atoms with Crippen molar-refractivity contribution in [2.45, 2.75) is 11.3 Å². The topological polar surface area (TPSA) is 90.3 Å². The Bertz CT molecular complexity index is 1030. The molecule has 3 rings (SSSR count). The van der Waals surface area contributed by atoms with Gasteiger partial charge < -0.3 is 10.1 Å². The third kappa shape index (κ3) is 5.52. The van der Waals surface area contributed by atoms with Gasteiger partial charge >= 0.3 is 0 Å². The molecule has 0 spiro atoms. The van der Waals surface area contributed by atoms with Gasteiger partial charge in [0.05, 0.1) is 22.9 Å². The summed E-state index contributed by atoms with van der Waals surface area (Å²) < 4.78 is 30.8. The second kappa shape index (κ2) is 9.49. The predicted octanol–water partition coefficient (Wildman–Crippen LogP) is 2.26. The second-order valence-corrected chi connectivity index (χ2v) is 8.57. The highest BCUT2D eigenvalue weighted by atomic mass is 32.2. The van der Waals surface area contributed by atoms with Crippen molar-refractivity contribution in [3.8, 4) is 5.69 Å². The van der Waals surface area contributed by atoms with Crippen molar-refractivity contribution in [3.63, 3.8) is 0 Å². The number of carbonyl (C=O) groups is 1. The van der Waals surface area contributed by atoms with Gasteiger partial charge in [0.2, 0.25) is 0 Å². The number of benzene rings is 2. The molecule has 1 N–H and O–H groups in total. The average Bonchev–Trinajstić information content (AvgIpc) is 3.28. The maximum absolute atomic E-state index is 12.3. The number of hydrogen-bond donors (Lipinski definition) is 1. The van der Waals surface area contributed by atoms with Crippen LogP contribution < -0.4 is 5.32 Å². The molecule has 0 fully saturated rings. The first kappa shape index (κ1) is 20.8. The fourth-order valence-electron chi connectivity index (χ4n) is 2.78. The van der Waals surface area contributed by atoms with Gasteiger partial charge in [-0.3, -0.25) is 4.79 Å². The summed E-state index contributed by atoms with van der Waals surface area (Å²) in [5.41, 5.74) is 2.49. The third-order valence-electron chi connectivity index (χ3n) is 4.44. The van der Waals surface area contributed by atoms with E-state index in [1.54, 1.807) is 10.9 Å². The van der Waals surface area contributed by atoms with Crippen molar-refractivity contribution in [2.75, 3.05) is 26.0 Å². The molecule has 3 aromatic rings. The summed E-state index contributed by atoms with van der Waals surface area (Å²) in [6.07, 6.45) is 4.29. The van der Waals surface area contributed by atoms with Crippen molar-refractivity contribution in [3.05, 3.63) is 78.1 Å². The number of sulfone groups is 1. The summed E-state index contributed by atoms with van der Waals surface area (Å²) in [4.78, 5) is 12.5. The van der Waals surface area contributed by atoms with E-state index in [2.05, 4.69) is 10.4 Å². The smallest absolute Gasteiger partial charge is 0.251 e. The highest BCUT2D eigenvalue weighted by Gasteiger charge is 2.15. The number of nitrogens with zero attached hydrogens (tertiary/aromatic N) is 2. The molecule has 0 unspecified atom stereocenters. The lowest BCUT2D eigenvalue weighted by Gasteiger charge is -2.08. The molecule has 0 saturated heterocycles. The van der Waals surface area contributed by atoms with E-state index < -0.39 is 9.84 Å². The summed E-state index contributed by atoms with van der Waals surface area (Å²) in [5.74, 6) is -0.326. The van der Waals surface area contributed by atoms with E-state index in [0.29, 0.717) is 18.5 Å². The Kier molecular flexibility index (Phi) is 6.79. The van der Waals surface area contributed by atoms with E-state index in [0.717, 1.165) is 11.3 Å². The molecule has 7 nitrogen and oxygen atoms in total. The molecule has 1 heterocycles. The Morgan fingerprint density at radius 1 is 1.10 bits per heavy atom. The largest absolute Gasteiger partial charge is 0.384 e. The first-order valence-electron chi connectivity index (χ1n) is 9.18. The zero-order valence-electron chi connectivity index (χ0n) is 16.1. The minimum absolute atomic E-state index is 0.0891. The van der Waals surface area contributed by atoms with Crippen LogP contribution in [0.15, 0.2) is 71.9 Å². The van der Waals surface area contributed by atoms with Crippen LogP contribution in [0.2, 0.25) is 0 Å². The first-order chi connectivity index (χ1) is 14.0. The minimum atomic E-state index is -3.40. The van der Waals surface area contributed by atoms with Crippen LogP contribution in [0.5, 0.6) is 0 Å². The normalized spacial score (nSPS) is 11.3. The van der Waals surface area contributed by atoms with Gasteiger partial charge in [0.15, 0.2) is 9.84 Å². The molecule has 0 aliphatic rings. The maximum Gasteiger partial charge on any atom is 0.251 e. The number of methoxy groups -OCH3 is 1. The van der Waals surface area contributed by atoms with Crippen LogP contribution in [-0.2, 0) is 21.0 Å². The van der Waals surface area contributed by atoms with Gasteiger partial charge in [0.25, 0.3) is 5.91 Å². The quantitative estimate of drug-likeness (QED) is 0.581. The van der Waals surface area contributed by atoms with E-state index in [-0.39, 0.29) is 23.2 Å². The number of ether oxygens (including phenoxy) is 1. The van der Waals surface area contributed by atoms with E-state index in [4.69, 9.17) is 4.74 Å². The molecule has 0 saturated carbocycles. The minimum Gasteiger partial charge on any atom is -0.384 e. The van der Waals surface area contributed by atoms with Gasteiger partial charge in [-0.2, -0.15) is 5.10 Å². The summed E-state index contributed by atoms with van der Waals surface area (Å²) >= 11 is 0. The Morgan fingerprint density at radius 3 is 2.45 bits per heavy atom. The van der Waals surface area contributed by atoms with E-state index in [9.17, 15) is 13.2 Å². The molecule has 0 bridgehead atoms. The predicted molar refractivity (Wildman–Crippen MR) is 110 cm³/mol. The van der Waals surface area contributed by atoms with Crippen molar-refractivity contribution in [1.29, 1.82) is 0 Å². The lowest BCUT2D eigenvalue weighted by molar-refractivity contribution is 0.0954. The van der Waals surface area contributed by atoms with Gasteiger partial charge in [-0.1, -0.05) is 12.1 Å². The van der Waals surface area contributed by atoms with Crippen molar-refractivity contribution < 1.29 is 17.9 Å². The molecule has 1 aromatic heterocycles. The lowest BCUT2D eigenvalue weighted by atomic mass is 10.1. The Labute approximate surface area is 170 Å². The second-order valence-electron chi connectivity index (χ2n) is 6.46. The van der Waals surface area contributed by atoms with Crippen LogP contribution in [0.4, 0.5) is 0 Å². The van der Waals surface area contributed by atoms with Crippen molar-refractivity contribution in [1.82, 2.24) is 15.1 Å². The fraction of sp³-hybridized carbons (Fsp3) is 0.238. The Morgan fingerprint density at radius 2 is 1.83 bits per heavy atom. The Hall–Kier alpha value is -2.97. The molecule has 0 radical (unpaired) electrons. The number of amides is 1. The molecule has 2 aromatic carbocycles. The van der Waals surface area contributed by atoms with Crippen molar-refractivity contribution >= 4 is 15.7 Å². The zero-order valence-corrected chi connectivity index (χ0v) is 16.9.